The van der Waals surface area contributed by atoms with E-state index in [2.05, 4.69) is 20.8 Å². The van der Waals surface area contributed by atoms with Gasteiger partial charge in [0.15, 0.2) is 0 Å². The minimum Gasteiger partial charge on any atom is -0.376 e. The fraction of sp³-hybridized carbons (Fsp3) is 0.444. The Labute approximate surface area is 148 Å². The Kier molecular flexibility index (Phi) is 6.97. The molecule has 0 fully saturated rings. The standard InChI is InChI=1S/C18H26N4O3/c1-12(2)25-9-8-24-11-15-6-5-7-16(10-15)19-18(23)20-17-13(3)21-22-14(17)4/h5-7,10,12H,8-9,11H2,1-4H3,(H,21,22)(H2,19,20,23). The second-order valence-electron chi connectivity index (χ2n) is 6.06. The van der Waals surface area contributed by atoms with Gasteiger partial charge in [-0.2, -0.15) is 5.10 Å². The van der Waals surface area contributed by atoms with Crippen LogP contribution in [0, 0.1) is 13.8 Å². The number of amides is 2. The summed E-state index contributed by atoms with van der Waals surface area (Å²) in [6.07, 6.45) is 0.206. The fourth-order valence-electron chi connectivity index (χ4n) is 2.28. The number of urea groups is 1. The van der Waals surface area contributed by atoms with Gasteiger partial charge >= 0.3 is 6.03 Å². The third-order valence-corrected chi connectivity index (χ3v) is 3.50. The number of nitrogens with one attached hydrogen (secondary N) is 3. The number of hydrogen-bond donors (Lipinski definition) is 3. The van der Waals surface area contributed by atoms with Gasteiger partial charge in [-0.1, -0.05) is 12.1 Å². The number of aromatic amines is 1. The molecule has 2 amide bonds. The number of carbonyl (C=O) groups is 1. The smallest absolute Gasteiger partial charge is 0.323 e. The Balaban J connectivity index is 1.83. The number of aromatic nitrogens is 2. The van der Waals surface area contributed by atoms with Crippen LogP contribution in [0.2, 0.25) is 0 Å². The van der Waals surface area contributed by atoms with Crippen LogP contribution in [-0.2, 0) is 16.1 Å². The second-order valence-corrected chi connectivity index (χ2v) is 6.06. The van der Waals surface area contributed by atoms with Crippen molar-refractivity contribution in [3.63, 3.8) is 0 Å². The molecule has 0 aliphatic rings. The molecular weight excluding hydrogens is 320 g/mol. The molecule has 7 heteroatoms. The first-order valence-electron chi connectivity index (χ1n) is 8.33. The summed E-state index contributed by atoms with van der Waals surface area (Å²) in [5, 5.41) is 12.5. The highest BCUT2D eigenvalue weighted by Crippen LogP contribution is 2.17. The van der Waals surface area contributed by atoms with Crippen molar-refractivity contribution in [2.24, 2.45) is 0 Å². The maximum absolute atomic E-state index is 12.1. The molecule has 1 heterocycles. The molecule has 0 bridgehead atoms. The Morgan fingerprint density at radius 2 is 2.04 bits per heavy atom. The molecule has 2 aromatic rings. The first-order valence-corrected chi connectivity index (χ1v) is 8.33. The molecule has 0 saturated carbocycles. The molecule has 7 nitrogen and oxygen atoms in total. The number of anilines is 2. The lowest BCUT2D eigenvalue weighted by Crippen LogP contribution is -2.20. The molecular formula is C18H26N4O3. The molecule has 0 atom stereocenters. The Morgan fingerprint density at radius 3 is 2.72 bits per heavy atom. The van der Waals surface area contributed by atoms with E-state index in [1.165, 1.54) is 0 Å². The van der Waals surface area contributed by atoms with Crippen molar-refractivity contribution in [1.29, 1.82) is 0 Å². The number of carbonyl (C=O) groups excluding carboxylic acids is 1. The van der Waals surface area contributed by atoms with Gasteiger partial charge in [0.2, 0.25) is 0 Å². The number of H-pyrrole nitrogens is 1. The zero-order chi connectivity index (χ0) is 18.2. The number of rotatable bonds is 8. The molecule has 1 aromatic heterocycles. The van der Waals surface area contributed by atoms with Crippen molar-refractivity contribution in [2.75, 3.05) is 23.8 Å². The van der Waals surface area contributed by atoms with Gasteiger partial charge in [0.25, 0.3) is 0 Å². The van der Waals surface area contributed by atoms with Crippen LogP contribution in [0.1, 0.15) is 30.8 Å². The highest BCUT2D eigenvalue weighted by atomic mass is 16.5. The van der Waals surface area contributed by atoms with Crippen molar-refractivity contribution < 1.29 is 14.3 Å². The molecule has 0 aliphatic carbocycles. The number of ether oxygens (including phenoxy) is 2. The molecule has 0 spiro atoms. The number of benzene rings is 1. The van der Waals surface area contributed by atoms with E-state index in [9.17, 15) is 4.79 Å². The fourth-order valence-corrected chi connectivity index (χ4v) is 2.28. The summed E-state index contributed by atoms with van der Waals surface area (Å²) >= 11 is 0. The van der Waals surface area contributed by atoms with Crippen LogP contribution in [0.5, 0.6) is 0 Å². The number of hydrogen-bond acceptors (Lipinski definition) is 4. The summed E-state index contributed by atoms with van der Waals surface area (Å²) in [6, 6.07) is 7.25. The van der Waals surface area contributed by atoms with Crippen LogP contribution in [0.25, 0.3) is 0 Å². The van der Waals surface area contributed by atoms with E-state index in [0.29, 0.717) is 31.2 Å². The highest BCUT2D eigenvalue weighted by molar-refractivity contribution is 6.00. The van der Waals surface area contributed by atoms with Crippen molar-refractivity contribution in [3.8, 4) is 0 Å². The lowest BCUT2D eigenvalue weighted by Gasteiger charge is -2.10. The van der Waals surface area contributed by atoms with Gasteiger partial charge in [-0.3, -0.25) is 5.10 Å². The van der Waals surface area contributed by atoms with Crippen molar-refractivity contribution >= 4 is 17.4 Å². The minimum absolute atomic E-state index is 0.206. The van der Waals surface area contributed by atoms with Gasteiger partial charge in [-0.05, 0) is 45.4 Å². The second kappa shape index (κ2) is 9.19. The molecule has 3 N–H and O–H groups in total. The SMILES string of the molecule is Cc1n[nH]c(C)c1NC(=O)Nc1cccc(COCCOC(C)C)c1. The van der Waals surface area contributed by atoms with Crippen molar-refractivity contribution in [3.05, 3.63) is 41.2 Å². The first-order chi connectivity index (χ1) is 12.0. The van der Waals surface area contributed by atoms with Gasteiger partial charge in [0.05, 0.1) is 43.0 Å². The largest absolute Gasteiger partial charge is 0.376 e. The van der Waals surface area contributed by atoms with Crippen LogP contribution < -0.4 is 10.6 Å². The van der Waals surface area contributed by atoms with E-state index >= 15 is 0 Å². The van der Waals surface area contributed by atoms with E-state index in [1.807, 2.05) is 52.0 Å². The van der Waals surface area contributed by atoms with Crippen molar-refractivity contribution in [2.45, 2.75) is 40.4 Å². The van der Waals surface area contributed by atoms with Crippen LogP contribution in [-0.4, -0.2) is 35.5 Å². The average Bonchev–Trinajstić information content (AvgIpc) is 2.86. The quantitative estimate of drug-likeness (QED) is 0.637. The number of nitrogens with zero attached hydrogens (tertiary/aromatic N) is 1. The maximum Gasteiger partial charge on any atom is 0.323 e. The van der Waals surface area contributed by atoms with E-state index in [4.69, 9.17) is 9.47 Å². The molecule has 1 aromatic carbocycles. The van der Waals surface area contributed by atoms with E-state index in [-0.39, 0.29) is 12.1 Å². The third-order valence-electron chi connectivity index (χ3n) is 3.50. The monoisotopic (exact) mass is 346 g/mol. The molecule has 0 saturated heterocycles. The molecule has 136 valence electrons. The highest BCUT2D eigenvalue weighted by Gasteiger charge is 2.10. The average molecular weight is 346 g/mol. The van der Waals surface area contributed by atoms with E-state index < -0.39 is 0 Å². The predicted molar refractivity (Wildman–Crippen MR) is 97.9 cm³/mol. The Morgan fingerprint density at radius 1 is 1.24 bits per heavy atom. The zero-order valence-electron chi connectivity index (χ0n) is 15.2. The maximum atomic E-state index is 12.1. The molecule has 0 unspecified atom stereocenters. The van der Waals surface area contributed by atoms with Crippen LogP contribution >= 0.6 is 0 Å². The molecule has 2 rings (SSSR count). The van der Waals surface area contributed by atoms with E-state index in [0.717, 1.165) is 17.0 Å². The van der Waals surface area contributed by atoms with Crippen LogP contribution in [0.3, 0.4) is 0 Å². The van der Waals surface area contributed by atoms with Crippen molar-refractivity contribution in [1.82, 2.24) is 10.2 Å². The summed E-state index contributed by atoms with van der Waals surface area (Å²) in [6.45, 7) is 9.26. The summed E-state index contributed by atoms with van der Waals surface area (Å²) in [4.78, 5) is 12.1. The normalized spacial score (nSPS) is 10.9. The molecule has 25 heavy (non-hydrogen) atoms. The zero-order valence-corrected chi connectivity index (χ0v) is 15.2. The summed E-state index contributed by atoms with van der Waals surface area (Å²) < 4.78 is 11.0. The first kappa shape index (κ1) is 19.0. The molecule has 0 radical (unpaired) electrons. The topological polar surface area (TPSA) is 88.3 Å². The summed E-state index contributed by atoms with van der Waals surface area (Å²) in [7, 11) is 0. The van der Waals surface area contributed by atoms with Gasteiger partial charge in [-0.25, -0.2) is 4.79 Å². The van der Waals surface area contributed by atoms with Gasteiger partial charge < -0.3 is 20.1 Å². The van der Waals surface area contributed by atoms with Gasteiger partial charge in [0.1, 0.15) is 0 Å². The van der Waals surface area contributed by atoms with Gasteiger partial charge in [-0.15, -0.1) is 0 Å². The number of aryl methyl sites for hydroxylation is 2. The Bertz CT molecular complexity index is 678. The lowest BCUT2D eigenvalue weighted by molar-refractivity contribution is 0.0143. The van der Waals surface area contributed by atoms with Crippen LogP contribution in [0.4, 0.5) is 16.2 Å². The summed E-state index contributed by atoms with van der Waals surface area (Å²) in [5.74, 6) is 0. The minimum atomic E-state index is -0.309. The Hall–Kier alpha value is -2.38. The predicted octanol–water partition coefficient (Wildman–Crippen LogP) is 3.61. The molecule has 0 aliphatic heterocycles. The van der Waals surface area contributed by atoms with E-state index in [1.54, 1.807) is 0 Å². The lowest BCUT2D eigenvalue weighted by atomic mass is 10.2. The van der Waals surface area contributed by atoms with Gasteiger partial charge in [0, 0.05) is 5.69 Å². The summed E-state index contributed by atoms with van der Waals surface area (Å²) in [5.41, 5.74) is 3.95. The van der Waals surface area contributed by atoms with Crippen LogP contribution in [0.15, 0.2) is 24.3 Å². The third kappa shape index (κ3) is 6.21.